The number of rotatable bonds is 1. The minimum atomic E-state index is -0.297. The Morgan fingerprint density at radius 3 is 2.65 bits per heavy atom. The lowest BCUT2D eigenvalue weighted by Gasteiger charge is -2.04. The molecule has 1 aromatic carbocycles. The fourth-order valence-corrected chi connectivity index (χ4v) is 1.66. The first kappa shape index (κ1) is 11.4. The third-order valence-corrected chi connectivity index (χ3v) is 2.68. The van der Waals surface area contributed by atoms with E-state index >= 15 is 0 Å². The summed E-state index contributed by atoms with van der Waals surface area (Å²) < 4.78 is 0. The summed E-state index contributed by atoms with van der Waals surface area (Å²) in [5.74, 6) is 0.0613. The lowest BCUT2D eigenvalue weighted by atomic mass is 10.1. The van der Waals surface area contributed by atoms with Gasteiger partial charge in [0.05, 0.1) is 16.8 Å². The molecule has 4 heteroatoms. The van der Waals surface area contributed by atoms with E-state index in [2.05, 4.69) is 9.97 Å². The van der Waals surface area contributed by atoms with Crippen molar-refractivity contribution < 1.29 is 5.11 Å². The van der Waals surface area contributed by atoms with Gasteiger partial charge in [-0.3, -0.25) is 4.79 Å². The van der Waals surface area contributed by atoms with Crippen LogP contribution in [0.2, 0.25) is 0 Å². The zero-order valence-corrected chi connectivity index (χ0v) is 10.0. The second kappa shape index (κ2) is 4.05. The fourth-order valence-electron chi connectivity index (χ4n) is 1.66. The first-order chi connectivity index (χ1) is 7.97. The van der Waals surface area contributed by atoms with Crippen LogP contribution in [0.4, 0.5) is 0 Å². The Morgan fingerprint density at radius 2 is 2.00 bits per heavy atom. The second-order valence-electron chi connectivity index (χ2n) is 4.19. The number of hydrogen-bond acceptors (Lipinski definition) is 3. The molecular weight excluding hydrogens is 216 g/mol. The van der Waals surface area contributed by atoms with Crippen LogP contribution in [0.25, 0.3) is 17.1 Å². The first-order valence-corrected chi connectivity index (χ1v) is 5.36. The summed E-state index contributed by atoms with van der Waals surface area (Å²) >= 11 is 0. The van der Waals surface area contributed by atoms with Crippen LogP contribution in [-0.2, 0) is 0 Å². The Kier molecular flexibility index (Phi) is 2.71. The minimum absolute atomic E-state index is 0.0613. The summed E-state index contributed by atoms with van der Waals surface area (Å²) in [6, 6.07) is 3.82. The van der Waals surface area contributed by atoms with Crippen LogP contribution in [0.3, 0.4) is 0 Å². The van der Waals surface area contributed by atoms with E-state index < -0.39 is 0 Å². The summed E-state index contributed by atoms with van der Waals surface area (Å²) in [6.45, 7) is 5.48. The van der Waals surface area contributed by atoms with Gasteiger partial charge in [0.1, 0.15) is 5.69 Å². The van der Waals surface area contributed by atoms with Gasteiger partial charge in [0.15, 0.2) is 0 Å². The van der Waals surface area contributed by atoms with Gasteiger partial charge in [-0.15, -0.1) is 0 Å². The minimum Gasteiger partial charge on any atom is -0.513 e. The summed E-state index contributed by atoms with van der Waals surface area (Å²) in [7, 11) is 0. The van der Waals surface area contributed by atoms with Gasteiger partial charge in [0.25, 0.3) is 5.56 Å². The number of hydrogen-bond donors (Lipinski definition) is 2. The molecule has 0 fully saturated rings. The van der Waals surface area contributed by atoms with E-state index in [-0.39, 0.29) is 17.0 Å². The molecule has 0 aliphatic carbocycles. The van der Waals surface area contributed by atoms with Crippen molar-refractivity contribution in [2.24, 2.45) is 0 Å². The van der Waals surface area contributed by atoms with Gasteiger partial charge in [-0.25, -0.2) is 4.98 Å². The normalized spacial score (nSPS) is 12.1. The van der Waals surface area contributed by atoms with E-state index in [0.29, 0.717) is 5.52 Å². The molecule has 0 saturated heterocycles. The van der Waals surface area contributed by atoms with Gasteiger partial charge < -0.3 is 10.1 Å². The van der Waals surface area contributed by atoms with Crippen molar-refractivity contribution in [1.29, 1.82) is 0 Å². The summed E-state index contributed by atoms with van der Waals surface area (Å²) in [5.41, 5.74) is 3.59. The van der Waals surface area contributed by atoms with Crippen LogP contribution >= 0.6 is 0 Å². The standard InChI is InChI=1S/C13H14N2O2/c1-7-4-10-11(5-8(7)2)15-13(17)12(14-10)6-9(3)16/h4-6,16H,1-3H3,(H,15,17)/b9-6+. The number of nitrogens with zero attached hydrogens (tertiary/aromatic N) is 1. The van der Waals surface area contributed by atoms with E-state index in [1.807, 2.05) is 26.0 Å². The zero-order valence-electron chi connectivity index (χ0n) is 10.0. The SMILES string of the molecule is C/C(O)=C\c1nc2cc(C)c(C)cc2[nH]c1=O. The summed E-state index contributed by atoms with van der Waals surface area (Å²) in [4.78, 5) is 18.7. The summed E-state index contributed by atoms with van der Waals surface area (Å²) in [6.07, 6.45) is 1.35. The number of aryl methyl sites for hydroxylation is 2. The monoisotopic (exact) mass is 230 g/mol. The third kappa shape index (κ3) is 2.20. The average molecular weight is 230 g/mol. The van der Waals surface area contributed by atoms with E-state index in [1.165, 1.54) is 13.0 Å². The Bertz CT molecular complexity index is 665. The van der Waals surface area contributed by atoms with Crippen molar-refractivity contribution in [3.63, 3.8) is 0 Å². The summed E-state index contributed by atoms with van der Waals surface area (Å²) in [5, 5.41) is 9.17. The molecule has 0 aliphatic rings. The third-order valence-electron chi connectivity index (χ3n) is 2.68. The lowest BCUT2D eigenvalue weighted by molar-refractivity contribution is 0.419. The van der Waals surface area contributed by atoms with Crippen molar-refractivity contribution in [3.05, 3.63) is 45.1 Å². The predicted octanol–water partition coefficient (Wildman–Crippen LogP) is 2.46. The molecule has 0 radical (unpaired) electrons. The molecule has 4 nitrogen and oxygen atoms in total. The average Bonchev–Trinajstić information content (AvgIpc) is 2.22. The zero-order chi connectivity index (χ0) is 12.6. The number of aromatic amines is 1. The molecule has 2 rings (SSSR count). The molecule has 2 aromatic rings. The highest BCUT2D eigenvalue weighted by Gasteiger charge is 2.04. The maximum Gasteiger partial charge on any atom is 0.274 e. The maximum atomic E-state index is 11.7. The molecule has 0 atom stereocenters. The van der Waals surface area contributed by atoms with Gasteiger partial charge in [-0.1, -0.05) is 0 Å². The molecule has 88 valence electrons. The molecule has 1 aromatic heterocycles. The molecule has 17 heavy (non-hydrogen) atoms. The molecular formula is C13H14N2O2. The van der Waals surface area contributed by atoms with E-state index in [9.17, 15) is 4.79 Å². The molecule has 0 spiro atoms. The number of aliphatic hydroxyl groups is 1. The highest BCUT2D eigenvalue weighted by atomic mass is 16.3. The highest BCUT2D eigenvalue weighted by molar-refractivity contribution is 5.77. The number of nitrogens with one attached hydrogen (secondary N) is 1. The number of allylic oxidation sites excluding steroid dienone is 1. The molecule has 0 amide bonds. The molecule has 2 N–H and O–H groups in total. The first-order valence-electron chi connectivity index (χ1n) is 5.36. The van der Waals surface area contributed by atoms with Crippen molar-refractivity contribution in [2.45, 2.75) is 20.8 Å². The largest absolute Gasteiger partial charge is 0.513 e. The van der Waals surface area contributed by atoms with E-state index in [0.717, 1.165) is 16.6 Å². The van der Waals surface area contributed by atoms with Gasteiger partial charge in [0, 0.05) is 6.08 Å². The fraction of sp³-hybridized carbons (Fsp3) is 0.231. The Morgan fingerprint density at radius 1 is 1.35 bits per heavy atom. The number of fused-ring (bicyclic) bond motifs is 1. The van der Waals surface area contributed by atoms with Crippen LogP contribution < -0.4 is 5.56 Å². The smallest absolute Gasteiger partial charge is 0.274 e. The quantitative estimate of drug-likeness (QED) is 0.739. The molecule has 0 unspecified atom stereocenters. The maximum absolute atomic E-state index is 11.7. The van der Waals surface area contributed by atoms with Crippen LogP contribution in [0.5, 0.6) is 0 Å². The van der Waals surface area contributed by atoms with Crippen LogP contribution in [0.1, 0.15) is 23.7 Å². The number of aromatic nitrogens is 2. The number of benzene rings is 1. The topological polar surface area (TPSA) is 66.0 Å². The molecule has 1 heterocycles. The molecule has 0 aliphatic heterocycles. The Hall–Kier alpha value is -2.10. The second-order valence-corrected chi connectivity index (χ2v) is 4.19. The predicted molar refractivity (Wildman–Crippen MR) is 68.1 cm³/mol. The highest BCUT2D eigenvalue weighted by Crippen LogP contribution is 2.15. The molecule has 0 saturated carbocycles. The molecule has 0 bridgehead atoms. The van der Waals surface area contributed by atoms with Gasteiger partial charge in [-0.2, -0.15) is 0 Å². The van der Waals surface area contributed by atoms with Gasteiger partial charge in [-0.05, 0) is 44.0 Å². The van der Waals surface area contributed by atoms with Gasteiger partial charge >= 0.3 is 0 Å². The van der Waals surface area contributed by atoms with Crippen LogP contribution in [-0.4, -0.2) is 15.1 Å². The van der Waals surface area contributed by atoms with Gasteiger partial charge in [0.2, 0.25) is 0 Å². The van der Waals surface area contributed by atoms with Crippen LogP contribution in [0.15, 0.2) is 22.7 Å². The van der Waals surface area contributed by atoms with Crippen LogP contribution in [0, 0.1) is 13.8 Å². The van der Waals surface area contributed by atoms with Crippen molar-refractivity contribution >= 4 is 17.1 Å². The lowest BCUT2D eigenvalue weighted by Crippen LogP contribution is -2.12. The number of aliphatic hydroxyl groups excluding tert-OH is 1. The Labute approximate surface area is 98.6 Å². The van der Waals surface area contributed by atoms with E-state index in [4.69, 9.17) is 5.11 Å². The number of H-pyrrole nitrogens is 1. The Balaban J connectivity index is 2.76. The van der Waals surface area contributed by atoms with E-state index in [1.54, 1.807) is 0 Å². The van der Waals surface area contributed by atoms with Crippen molar-refractivity contribution in [3.8, 4) is 0 Å². The van der Waals surface area contributed by atoms with Crippen molar-refractivity contribution in [2.75, 3.05) is 0 Å². The van der Waals surface area contributed by atoms with Crippen molar-refractivity contribution in [1.82, 2.24) is 9.97 Å².